The number of aldehydes is 1. The van der Waals surface area contributed by atoms with Crippen molar-refractivity contribution in [3.8, 4) is 0 Å². The van der Waals surface area contributed by atoms with Crippen molar-refractivity contribution >= 4 is 6.29 Å². The van der Waals surface area contributed by atoms with Gasteiger partial charge < -0.3 is 19.6 Å². The van der Waals surface area contributed by atoms with Gasteiger partial charge in [-0.25, -0.2) is 0 Å². The second-order valence-electron chi connectivity index (χ2n) is 4.28. The normalized spacial score (nSPS) is 23.3. The standard InChI is InChI=1S/C13H23NO3/c1-16-13(17-2)9-10-14-12(13)8-6-4-3-5-7-11-15/h4,6,11-12,14H,3,5,7-10H2,1-2H3/b6-4-/t12-/m0/s1. The number of unbranched alkanes of at least 4 members (excludes halogenated alkanes) is 2. The van der Waals surface area contributed by atoms with E-state index >= 15 is 0 Å². The Kier molecular flexibility index (Phi) is 6.40. The lowest BCUT2D eigenvalue weighted by Crippen LogP contribution is -2.45. The van der Waals surface area contributed by atoms with Gasteiger partial charge in [-0.15, -0.1) is 0 Å². The molecule has 1 saturated heterocycles. The monoisotopic (exact) mass is 241 g/mol. The van der Waals surface area contributed by atoms with E-state index in [1.54, 1.807) is 14.2 Å². The molecule has 1 fully saturated rings. The minimum absolute atomic E-state index is 0.208. The summed E-state index contributed by atoms with van der Waals surface area (Å²) in [5.41, 5.74) is 0. The van der Waals surface area contributed by atoms with Gasteiger partial charge in [-0.1, -0.05) is 12.2 Å². The van der Waals surface area contributed by atoms with Crippen LogP contribution in [0.1, 0.15) is 32.1 Å². The molecule has 1 N–H and O–H groups in total. The van der Waals surface area contributed by atoms with Crippen LogP contribution in [0.2, 0.25) is 0 Å². The molecule has 1 atom stereocenters. The molecule has 4 heteroatoms. The van der Waals surface area contributed by atoms with Crippen molar-refractivity contribution in [2.45, 2.75) is 43.9 Å². The van der Waals surface area contributed by atoms with Gasteiger partial charge in [-0.2, -0.15) is 0 Å². The maximum Gasteiger partial charge on any atom is 0.184 e. The van der Waals surface area contributed by atoms with Gasteiger partial charge in [-0.05, 0) is 19.3 Å². The van der Waals surface area contributed by atoms with Crippen LogP contribution in [0.15, 0.2) is 12.2 Å². The summed E-state index contributed by atoms with van der Waals surface area (Å²) >= 11 is 0. The van der Waals surface area contributed by atoms with Gasteiger partial charge in [0.25, 0.3) is 0 Å². The van der Waals surface area contributed by atoms with E-state index in [2.05, 4.69) is 17.5 Å². The molecule has 0 bridgehead atoms. The number of carbonyl (C=O) groups is 1. The van der Waals surface area contributed by atoms with Gasteiger partial charge in [0.05, 0.1) is 6.04 Å². The molecular formula is C13H23NO3. The van der Waals surface area contributed by atoms with Crippen molar-refractivity contribution < 1.29 is 14.3 Å². The van der Waals surface area contributed by atoms with Gasteiger partial charge >= 0.3 is 0 Å². The molecule has 1 aliphatic heterocycles. The molecule has 0 radical (unpaired) electrons. The maximum atomic E-state index is 10.1. The van der Waals surface area contributed by atoms with Gasteiger partial charge in [0.15, 0.2) is 5.79 Å². The molecule has 1 rings (SSSR count). The molecule has 0 aromatic rings. The summed E-state index contributed by atoms with van der Waals surface area (Å²) < 4.78 is 11.0. The summed E-state index contributed by atoms with van der Waals surface area (Å²) in [7, 11) is 3.38. The molecule has 0 aromatic heterocycles. The number of rotatable bonds is 8. The molecular weight excluding hydrogens is 218 g/mol. The summed E-state index contributed by atoms with van der Waals surface area (Å²) in [6.45, 7) is 0.922. The van der Waals surface area contributed by atoms with E-state index in [1.165, 1.54) is 0 Å². The van der Waals surface area contributed by atoms with Crippen molar-refractivity contribution in [1.29, 1.82) is 0 Å². The van der Waals surface area contributed by atoms with Gasteiger partial charge in [0.2, 0.25) is 0 Å². The minimum Gasteiger partial charge on any atom is -0.352 e. The highest BCUT2D eigenvalue weighted by Crippen LogP contribution is 2.28. The number of ether oxygens (including phenoxy) is 2. The predicted octanol–water partition coefficient (Wildman–Crippen LogP) is 1.65. The molecule has 0 aliphatic carbocycles. The Balaban J connectivity index is 2.32. The fourth-order valence-electron chi connectivity index (χ4n) is 2.25. The molecule has 98 valence electrons. The second kappa shape index (κ2) is 7.58. The van der Waals surface area contributed by atoms with Crippen LogP contribution in [0.3, 0.4) is 0 Å². The molecule has 0 aromatic carbocycles. The second-order valence-corrected chi connectivity index (χ2v) is 4.28. The molecule has 0 amide bonds. The molecule has 0 unspecified atom stereocenters. The van der Waals surface area contributed by atoms with Crippen molar-refractivity contribution in [3.63, 3.8) is 0 Å². The van der Waals surface area contributed by atoms with Crippen LogP contribution in [0.4, 0.5) is 0 Å². The molecule has 0 spiro atoms. The van der Waals surface area contributed by atoms with E-state index in [0.717, 1.165) is 38.5 Å². The van der Waals surface area contributed by atoms with Crippen LogP contribution in [0.5, 0.6) is 0 Å². The fourth-order valence-corrected chi connectivity index (χ4v) is 2.25. The molecule has 0 saturated carbocycles. The quantitative estimate of drug-likeness (QED) is 0.304. The van der Waals surface area contributed by atoms with Crippen LogP contribution >= 0.6 is 0 Å². The van der Waals surface area contributed by atoms with Gasteiger partial charge in [-0.3, -0.25) is 0 Å². The Labute approximate surface area is 103 Å². The van der Waals surface area contributed by atoms with E-state index in [9.17, 15) is 4.79 Å². The zero-order valence-electron chi connectivity index (χ0n) is 10.8. The number of carbonyl (C=O) groups excluding carboxylic acids is 1. The van der Waals surface area contributed by atoms with Crippen LogP contribution < -0.4 is 5.32 Å². The smallest absolute Gasteiger partial charge is 0.184 e. The third-order valence-corrected chi connectivity index (χ3v) is 3.32. The third-order valence-electron chi connectivity index (χ3n) is 3.32. The summed E-state index contributed by atoms with van der Waals surface area (Å²) in [4.78, 5) is 10.1. The lowest BCUT2D eigenvalue weighted by Gasteiger charge is -2.31. The number of hydrogen-bond donors (Lipinski definition) is 1. The van der Waals surface area contributed by atoms with Crippen LogP contribution in [-0.2, 0) is 14.3 Å². The molecule has 1 heterocycles. The topological polar surface area (TPSA) is 47.6 Å². The highest BCUT2D eigenvalue weighted by molar-refractivity contribution is 5.48. The number of hydrogen-bond acceptors (Lipinski definition) is 4. The van der Waals surface area contributed by atoms with Crippen molar-refractivity contribution in [2.75, 3.05) is 20.8 Å². The lowest BCUT2D eigenvalue weighted by atomic mass is 10.0. The van der Waals surface area contributed by atoms with Crippen molar-refractivity contribution in [3.05, 3.63) is 12.2 Å². The van der Waals surface area contributed by atoms with E-state index in [0.29, 0.717) is 6.42 Å². The average molecular weight is 241 g/mol. The molecule has 1 aliphatic rings. The van der Waals surface area contributed by atoms with E-state index in [4.69, 9.17) is 9.47 Å². The van der Waals surface area contributed by atoms with Crippen LogP contribution in [0, 0.1) is 0 Å². The first kappa shape index (κ1) is 14.4. The lowest BCUT2D eigenvalue weighted by molar-refractivity contribution is -0.210. The minimum atomic E-state index is -0.479. The summed E-state index contributed by atoms with van der Waals surface area (Å²) in [5, 5.41) is 3.39. The van der Waals surface area contributed by atoms with Crippen molar-refractivity contribution in [1.82, 2.24) is 5.32 Å². The molecule has 4 nitrogen and oxygen atoms in total. The SMILES string of the molecule is COC1(OC)CCN[C@H]1C/C=C\CCCC=O. The average Bonchev–Trinajstić information content (AvgIpc) is 2.77. The zero-order chi connectivity index (χ0) is 12.6. The van der Waals surface area contributed by atoms with E-state index in [-0.39, 0.29) is 6.04 Å². The summed E-state index contributed by atoms with van der Waals surface area (Å²) in [5.74, 6) is -0.479. The first-order valence-electron chi connectivity index (χ1n) is 6.21. The highest BCUT2D eigenvalue weighted by Gasteiger charge is 2.42. The maximum absolute atomic E-state index is 10.1. The number of methoxy groups -OCH3 is 2. The first-order chi connectivity index (χ1) is 8.29. The Morgan fingerprint density at radius 1 is 1.29 bits per heavy atom. The Hall–Kier alpha value is -0.710. The number of nitrogens with one attached hydrogen (secondary N) is 1. The van der Waals surface area contributed by atoms with Crippen LogP contribution in [0.25, 0.3) is 0 Å². The first-order valence-corrected chi connectivity index (χ1v) is 6.21. The third kappa shape index (κ3) is 3.91. The van der Waals surface area contributed by atoms with E-state index in [1.807, 2.05) is 0 Å². The van der Waals surface area contributed by atoms with Crippen molar-refractivity contribution in [2.24, 2.45) is 0 Å². The Morgan fingerprint density at radius 2 is 2.06 bits per heavy atom. The highest BCUT2D eigenvalue weighted by atomic mass is 16.7. The Morgan fingerprint density at radius 3 is 2.71 bits per heavy atom. The van der Waals surface area contributed by atoms with E-state index < -0.39 is 5.79 Å². The molecule has 17 heavy (non-hydrogen) atoms. The largest absolute Gasteiger partial charge is 0.352 e. The predicted molar refractivity (Wildman–Crippen MR) is 66.8 cm³/mol. The van der Waals surface area contributed by atoms with Gasteiger partial charge in [0, 0.05) is 33.6 Å². The summed E-state index contributed by atoms with van der Waals surface area (Å²) in [6, 6.07) is 0.208. The number of allylic oxidation sites excluding steroid dienone is 1. The summed E-state index contributed by atoms with van der Waals surface area (Å²) in [6.07, 6.45) is 9.53. The van der Waals surface area contributed by atoms with Gasteiger partial charge in [0.1, 0.15) is 6.29 Å². The zero-order valence-corrected chi connectivity index (χ0v) is 10.8. The fraction of sp³-hybridized carbons (Fsp3) is 0.769. The Bertz CT molecular complexity index is 249. The van der Waals surface area contributed by atoms with Crippen LogP contribution in [-0.4, -0.2) is 38.9 Å².